The van der Waals surface area contributed by atoms with Gasteiger partial charge < -0.3 is 16.4 Å². The minimum Gasteiger partial charge on any atom is -0.382 e. The van der Waals surface area contributed by atoms with Gasteiger partial charge in [0.05, 0.1) is 16.8 Å². The molecule has 0 aliphatic rings. The number of hydrogen-bond donors (Lipinski definition) is 3. The Morgan fingerprint density at radius 2 is 1.85 bits per heavy atom. The van der Waals surface area contributed by atoms with Crippen LogP contribution >= 0.6 is 0 Å². The number of aromatic nitrogens is 3. The molecule has 2 aromatic heterocycles. The summed E-state index contributed by atoms with van der Waals surface area (Å²) in [4.78, 5) is 16.1. The Morgan fingerprint density at radius 1 is 1.12 bits per heavy atom. The third kappa shape index (κ3) is 4.24. The SMILES string of the molecule is N#Cc1cn2ncnc(N)c2c1-c1ccc(NC(=O)Nc2cc(C(F)(F)F)ccc2F)cc1. The Hall–Kier alpha value is -4.66. The molecule has 12 heteroatoms. The lowest BCUT2D eigenvalue weighted by Crippen LogP contribution is -2.20. The zero-order valence-corrected chi connectivity index (χ0v) is 16.5. The number of carbonyl (C=O) groups is 1. The summed E-state index contributed by atoms with van der Waals surface area (Å²) in [5, 5.41) is 18.0. The molecule has 0 saturated carbocycles. The van der Waals surface area contributed by atoms with Crippen LogP contribution < -0.4 is 16.4 Å². The molecule has 4 rings (SSSR count). The molecule has 4 N–H and O–H groups in total. The van der Waals surface area contributed by atoms with Crippen LogP contribution in [-0.2, 0) is 6.18 Å². The first-order valence-corrected chi connectivity index (χ1v) is 9.24. The Kier molecular flexibility index (Phi) is 5.31. The molecule has 166 valence electrons. The smallest absolute Gasteiger partial charge is 0.382 e. The largest absolute Gasteiger partial charge is 0.416 e. The van der Waals surface area contributed by atoms with Crippen molar-refractivity contribution in [1.29, 1.82) is 5.26 Å². The number of halogens is 4. The van der Waals surface area contributed by atoms with Gasteiger partial charge in [-0.05, 0) is 35.9 Å². The number of nitrogens with zero attached hydrogens (tertiary/aromatic N) is 4. The van der Waals surface area contributed by atoms with Crippen molar-refractivity contribution in [2.45, 2.75) is 6.18 Å². The van der Waals surface area contributed by atoms with Gasteiger partial charge in [0.2, 0.25) is 0 Å². The molecule has 0 spiro atoms. The molecule has 0 unspecified atom stereocenters. The second kappa shape index (κ2) is 8.12. The molecular weight excluding hydrogens is 442 g/mol. The van der Waals surface area contributed by atoms with Crippen molar-refractivity contribution in [2.75, 3.05) is 16.4 Å². The summed E-state index contributed by atoms with van der Waals surface area (Å²) in [6.07, 6.45) is -1.92. The molecule has 2 heterocycles. The monoisotopic (exact) mass is 455 g/mol. The molecule has 0 aliphatic heterocycles. The molecule has 2 amide bonds. The minimum absolute atomic E-state index is 0.172. The van der Waals surface area contributed by atoms with Crippen LogP contribution in [0.4, 0.5) is 39.5 Å². The number of carbonyl (C=O) groups excluding carboxylic acids is 1. The van der Waals surface area contributed by atoms with Crippen molar-refractivity contribution >= 4 is 28.7 Å². The summed E-state index contributed by atoms with van der Waals surface area (Å²) in [7, 11) is 0. The predicted octanol–water partition coefficient (Wildman–Crippen LogP) is 4.65. The van der Waals surface area contributed by atoms with Gasteiger partial charge in [-0.15, -0.1) is 0 Å². The number of nitrogens with one attached hydrogen (secondary N) is 2. The molecule has 33 heavy (non-hydrogen) atoms. The topological polar surface area (TPSA) is 121 Å². The van der Waals surface area contributed by atoms with Crippen molar-refractivity contribution in [1.82, 2.24) is 14.6 Å². The van der Waals surface area contributed by atoms with E-state index >= 15 is 0 Å². The molecule has 0 saturated heterocycles. The minimum atomic E-state index is -4.68. The van der Waals surface area contributed by atoms with Gasteiger partial charge in [-0.2, -0.15) is 23.5 Å². The fourth-order valence-electron chi connectivity index (χ4n) is 3.21. The molecule has 4 aromatic rings. The number of hydrogen-bond acceptors (Lipinski definition) is 5. The van der Waals surface area contributed by atoms with Crippen LogP contribution in [0.3, 0.4) is 0 Å². The summed E-state index contributed by atoms with van der Waals surface area (Å²) in [6, 6.07) is 9.04. The van der Waals surface area contributed by atoms with E-state index in [1.807, 2.05) is 0 Å². The van der Waals surface area contributed by atoms with E-state index in [-0.39, 0.29) is 11.5 Å². The molecule has 0 radical (unpaired) electrons. The maximum atomic E-state index is 13.8. The van der Waals surface area contributed by atoms with E-state index in [0.717, 1.165) is 0 Å². The van der Waals surface area contributed by atoms with Gasteiger partial charge in [0.1, 0.15) is 23.7 Å². The van der Waals surface area contributed by atoms with Gasteiger partial charge in [-0.25, -0.2) is 18.7 Å². The van der Waals surface area contributed by atoms with Crippen LogP contribution in [0.2, 0.25) is 0 Å². The Balaban J connectivity index is 1.56. The van der Waals surface area contributed by atoms with E-state index in [4.69, 9.17) is 5.73 Å². The Morgan fingerprint density at radius 3 is 2.52 bits per heavy atom. The van der Waals surface area contributed by atoms with E-state index < -0.39 is 29.3 Å². The second-order valence-corrected chi connectivity index (χ2v) is 6.82. The summed E-state index contributed by atoms with van der Waals surface area (Å²) >= 11 is 0. The molecule has 0 atom stereocenters. The molecule has 0 aliphatic carbocycles. The predicted molar refractivity (Wildman–Crippen MR) is 112 cm³/mol. The highest BCUT2D eigenvalue weighted by Gasteiger charge is 2.31. The van der Waals surface area contributed by atoms with Crippen LogP contribution in [-0.4, -0.2) is 20.6 Å². The van der Waals surface area contributed by atoms with E-state index in [1.165, 1.54) is 29.2 Å². The second-order valence-electron chi connectivity index (χ2n) is 6.82. The van der Waals surface area contributed by atoms with Gasteiger partial charge in [-0.1, -0.05) is 12.1 Å². The van der Waals surface area contributed by atoms with Crippen molar-refractivity contribution in [3.05, 3.63) is 71.9 Å². The van der Waals surface area contributed by atoms with Gasteiger partial charge in [0, 0.05) is 17.4 Å². The van der Waals surface area contributed by atoms with Crippen molar-refractivity contribution in [2.24, 2.45) is 0 Å². The maximum Gasteiger partial charge on any atom is 0.416 e. The summed E-state index contributed by atoms with van der Waals surface area (Å²) in [5.41, 5.74) is 6.32. The van der Waals surface area contributed by atoms with Crippen LogP contribution in [0.5, 0.6) is 0 Å². The number of nitriles is 1. The van der Waals surface area contributed by atoms with E-state index in [1.54, 1.807) is 12.1 Å². The lowest BCUT2D eigenvalue weighted by Gasteiger charge is -2.12. The fraction of sp³-hybridized carbons (Fsp3) is 0.0476. The normalized spacial score (nSPS) is 11.2. The zero-order valence-electron chi connectivity index (χ0n) is 16.5. The van der Waals surface area contributed by atoms with E-state index in [2.05, 4.69) is 26.8 Å². The third-order valence-corrected chi connectivity index (χ3v) is 4.70. The number of amides is 2. The summed E-state index contributed by atoms with van der Waals surface area (Å²) < 4.78 is 53.8. The highest BCUT2D eigenvalue weighted by molar-refractivity contribution is 6.00. The molecule has 2 aromatic carbocycles. The number of benzene rings is 2. The van der Waals surface area contributed by atoms with Gasteiger partial charge >= 0.3 is 12.2 Å². The Bertz CT molecular complexity index is 1410. The summed E-state index contributed by atoms with van der Waals surface area (Å²) in [6.45, 7) is 0. The lowest BCUT2D eigenvalue weighted by atomic mass is 10.0. The first-order valence-electron chi connectivity index (χ1n) is 9.24. The Labute approximate surface area is 183 Å². The number of anilines is 3. The van der Waals surface area contributed by atoms with Gasteiger partial charge in [-0.3, -0.25) is 0 Å². The number of alkyl halides is 3. The van der Waals surface area contributed by atoms with Gasteiger partial charge in [0.25, 0.3) is 0 Å². The molecule has 0 bridgehead atoms. The van der Waals surface area contributed by atoms with Crippen molar-refractivity contribution in [3.8, 4) is 17.2 Å². The van der Waals surface area contributed by atoms with Crippen LogP contribution in [0.1, 0.15) is 11.1 Å². The van der Waals surface area contributed by atoms with Crippen molar-refractivity contribution < 1.29 is 22.4 Å². The average molecular weight is 455 g/mol. The number of fused-ring (bicyclic) bond motifs is 1. The highest BCUT2D eigenvalue weighted by Crippen LogP contribution is 2.33. The van der Waals surface area contributed by atoms with Gasteiger partial charge in [0.15, 0.2) is 5.82 Å². The molecular formula is C21H13F4N7O. The van der Waals surface area contributed by atoms with E-state index in [0.29, 0.717) is 40.4 Å². The number of nitrogen functional groups attached to an aromatic ring is 1. The number of rotatable bonds is 3. The zero-order chi connectivity index (χ0) is 23.8. The number of nitrogens with two attached hydrogens (primary N) is 1. The number of urea groups is 1. The standard InChI is InChI=1S/C21H13F4N7O/c22-15-6-3-13(21(23,24)25)7-16(15)31-20(33)30-14-4-1-11(2-5-14)17-12(8-26)9-32-18(17)19(27)28-10-29-32/h1-7,9-10H,(H2,27,28,29)(H2,30,31,33). The average Bonchev–Trinajstić information content (AvgIpc) is 3.15. The quantitative estimate of drug-likeness (QED) is 0.388. The summed E-state index contributed by atoms with van der Waals surface area (Å²) in [5.74, 6) is -0.843. The highest BCUT2D eigenvalue weighted by atomic mass is 19.4. The first-order chi connectivity index (χ1) is 15.7. The van der Waals surface area contributed by atoms with Crippen molar-refractivity contribution in [3.63, 3.8) is 0 Å². The van der Waals surface area contributed by atoms with Crippen LogP contribution in [0, 0.1) is 17.1 Å². The fourth-order valence-corrected chi connectivity index (χ4v) is 3.21. The lowest BCUT2D eigenvalue weighted by molar-refractivity contribution is -0.137. The maximum absolute atomic E-state index is 13.8. The molecule has 8 nitrogen and oxygen atoms in total. The van der Waals surface area contributed by atoms with E-state index in [9.17, 15) is 27.6 Å². The first kappa shape index (κ1) is 21.6. The van der Waals surface area contributed by atoms with Crippen LogP contribution in [0.15, 0.2) is 55.0 Å². The van der Waals surface area contributed by atoms with Crippen LogP contribution in [0.25, 0.3) is 16.6 Å². The molecule has 0 fully saturated rings. The third-order valence-electron chi connectivity index (χ3n) is 4.70.